The summed E-state index contributed by atoms with van der Waals surface area (Å²) in [6, 6.07) is 8.48. The predicted molar refractivity (Wildman–Crippen MR) is 102 cm³/mol. The highest BCUT2D eigenvalue weighted by atomic mass is 16.2. The van der Waals surface area contributed by atoms with Crippen molar-refractivity contribution in [1.29, 1.82) is 0 Å². The maximum absolute atomic E-state index is 12.1. The standard InChI is InChI=1S/C19H23N5O3/c20-19(27)14-4-3-10-24(13-14)16-7-6-15(12-21-16)22-17(25)8-11-23-9-2-1-5-18(23)26/h1-2,5-7,9,12,14H,3-4,8,10-11,13H2,(H2,20,27)(H,22,25). The Balaban J connectivity index is 1.54. The molecule has 1 atom stereocenters. The van der Waals surface area contributed by atoms with Crippen LogP contribution >= 0.6 is 0 Å². The van der Waals surface area contributed by atoms with E-state index in [1.165, 1.54) is 10.6 Å². The highest BCUT2D eigenvalue weighted by molar-refractivity contribution is 5.90. The maximum Gasteiger partial charge on any atom is 0.250 e. The normalized spacial score (nSPS) is 16.7. The summed E-state index contributed by atoms with van der Waals surface area (Å²) in [7, 11) is 0. The number of carbonyl (C=O) groups is 2. The number of nitrogens with one attached hydrogen (secondary N) is 1. The molecule has 0 bridgehead atoms. The van der Waals surface area contributed by atoms with Gasteiger partial charge in [0.15, 0.2) is 0 Å². The van der Waals surface area contributed by atoms with E-state index in [0.717, 1.165) is 25.2 Å². The van der Waals surface area contributed by atoms with Crippen LogP contribution in [-0.2, 0) is 16.1 Å². The SMILES string of the molecule is NC(=O)C1CCCN(c2ccc(NC(=O)CCn3ccccc3=O)cn2)C1. The molecule has 8 heteroatoms. The Kier molecular flexibility index (Phi) is 5.85. The Hall–Kier alpha value is -3.16. The molecule has 2 aromatic rings. The highest BCUT2D eigenvalue weighted by Gasteiger charge is 2.24. The van der Waals surface area contributed by atoms with E-state index in [4.69, 9.17) is 5.73 Å². The monoisotopic (exact) mass is 369 g/mol. The largest absolute Gasteiger partial charge is 0.369 e. The van der Waals surface area contributed by atoms with E-state index in [-0.39, 0.29) is 29.7 Å². The van der Waals surface area contributed by atoms with Crippen molar-refractivity contribution in [3.63, 3.8) is 0 Å². The van der Waals surface area contributed by atoms with Gasteiger partial charge in [-0.25, -0.2) is 4.98 Å². The zero-order chi connectivity index (χ0) is 19.2. The van der Waals surface area contributed by atoms with Crippen LogP contribution in [0, 0.1) is 5.92 Å². The number of carbonyl (C=O) groups excluding carboxylic acids is 2. The van der Waals surface area contributed by atoms with Gasteiger partial charge in [-0.3, -0.25) is 14.4 Å². The van der Waals surface area contributed by atoms with Crippen LogP contribution in [-0.4, -0.2) is 34.5 Å². The van der Waals surface area contributed by atoms with Gasteiger partial charge in [0.25, 0.3) is 5.56 Å². The molecule has 0 radical (unpaired) electrons. The van der Waals surface area contributed by atoms with Crippen molar-refractivity contribution in [3.05, 3.63) is 53.1 Å². The van der Waals surface area contributed by atoms with Crippen LogP contribution in [0.15, 0.2) is 47.5 Å². The molecule has 3 N–H and O–H groups in total. The molecule has 2 aromatic heterocycles. The Morgan fingerprint density at radius 3 is 2.81 bits per heavy atom. The van der Waals surface area contributed by atoms with Crippen molar-refractivity contribution >= 4 is 23.3 Å². The Morgan fingerprint density at radius 1 is 1.26 bits per heavy atom. The molecule has 0 saturated carbocycles. The van der Waals surface area contributed by atoms with Crippen LogP contribution in [0.1, 0.15) is 19.3 Å². The average molecular weight is 369 g/mol. The van der Waals surface area contributed by atoms with Crippen LogP contribution in [0.2, 0.25) is 0 Å². The fourth-order valence-corrected chi connectivity index (χ4v) is 3.16. The van der Waals surface area contributed by atoms with Gasteiger partial charge < -0.3 is 20.5 Å². The molecule has 1 fully saturated rings. The van der Waals surface area contributed by atoms with Crippen LogP contribution in [0.25, 0.3) is 0 Å². The van der Waals surface area contributed by atoms with Gasteiger partial charge in [-0.05, 0) is 31.0 Å². The zero-order valence-corrected chi connectivity index (χ0v) is 15.0. The van der Waals surface area contributed by atoms with Gasteiger partial charge in [0.1, 0.15) is 5.82 Å². The first-order valence-electron chi connectivity index (χ1n) is 8.98. The summed E-state index contributed by atoms with van der Waals surface area (Å²) in [5.41, 5.74) is 5.87. The lowest BCUT2D eigenvalue weighted by molar-refractivity contribution is -0.122. The lowest BCUT2D eigenvalue weighted by atomic mass is 9.97. The highest BCUT2D eigenvalue weighted by Crippen LogP contribution is 2.22. The van der Waals surface area contributed by atoms with Gasteiger partial charge in [-0.2, -0.15) is 0 Å². The predicted octanol–water partition coefficient (Wildman–Crippen LogP) is 0.974. The third-order valence-electron chi connectivity index (χ3n) is 4.66. The first-order valence-corrected chi connectivity index (χ1v) is 8.98. The molecule has 1 aliphatic heterocycles. The summed E-state index contributed by atoms with van der Waals surface area (Å²) in [4.78, 5) is 41.5. The minimum absolute atomic E-state index is 0.132. The van der Waals surface area contributed by atoms with Gasteiger partial charge in [0.05, 0.1) is 17.8 Å². The number of nitrogens with two attached hydrogens (primary N) is 1. The van der Waals surface area contributed by atoms with Crippen LogP contribution in [0.3, 0.4) is 0 Å². The Bertz CT molecular complexity index is 862. The molecule has 3 heterocycles. The molecular formula is C19H23N5O3. The number of aromatic nitrogens is 2. The summed E-state index contributed by atoms with van der Waals surface area (Å²) < 4.78 is 1.49. The molecule has 0 aromatic carbocycles. The van der Waals surface area contributed by atoms with Crippen molar-refractivity contribution < 1.29 is 9.59 Å². The molecule has 0 aliphatic carbocycles. The summed E-state index contributed by atoms with van der Waals surface area (Å²) >= 11 is 0. The number of hydrogen-bond donors (Lipinski definition) is 2. The number of hydrogen-bond acceptors (Lipinski definition) is 5. The minimum atomic E-state index is -0.277. The molecular weight excluding hydrogens is 346 g/mol. The molecule has 1 unspecified atom stereocenters. The number of nitrogens with zero attached hydrogens (tertiary/aromatic N) is 3. The first kappa shape index (κ1) is 18.6. The smallest absolute Gasteiger partial charge is 0.250 e. The molecule has 27 heavy (non-hydrogen) atoms. The zero-order valence-electron chi connectivity index (χ0n) is 15.0. The van der Waals surface area contributed by atoms with E-state index in [1.807, 2.05) is 11.0 Å². The van der Waals surface area contributed by atoms with Crippen molar-refractivity contribution in [2.75, 3.05) is 23.3 Å². The molecule has 1 aliphatic rings. The van der Waals surface area contributed by atoms with Crippen LogP contribution < -0.4 is 21.5 Å². The molecule has 3 rings (SSSR count). The summed E-state index contributed by atoms with van der Waals surface area (Å²) in [5.74, 6) is 0.143. The number of anilines is 2. The number of amides is 2. The van der Waals surface area contributed by atoms with Crippen molar-refractivity contribution in [2.24, 2.45) is 11.7 Å². The van der Waals surface area contributed by atoms with E-state index < -0.39 is 0 Å². The summed E-state index contributed by atoms with van der Waals surface area (Å²) in [6.45, 7) is 1.72. The first-order chi connectivity index (χ1) is 13.0. The van der Waals surface area contributed by atoms with Crippen LogP contribution in [0.5, 0.6) is 0 Å². The minimum Gasteiger partial charge on any atom is -0.369 e. The van der Waals surface area contributed by atoms with Crippen molar-refractivity contribution in [2.45, 2.75) is 25.8 Å². The summed E-state index contributed by atoms with van der Waals surface area (Å²) in [5, 5.41) is 2.78. The quantitative estimate of drug-likeness (QED) is 0.788. The second-order valence-corrected chi connectivity index (χ2v) is 6.62. The van der Waals surface area contributed by atoms with Crippen LogP contribution in [0.4, 0.5) is 11.5 Å². The Morgan fingerprint density at radius 2 is 2.11 bits per heavy atom. The second-order valence-electron chi connectivity index (χ2n) is 6.62. The number of primary amides is 1. The molecule has 1 saturated heterocycles. The third kappa shape index (κ3) is 4.93. The van der Waals surface area contributed by atoms with E-state index in [2.05, 4.69) is 10.3 Å². The fraction of sp³-hybridized carbons (Fsp3) is 0.368. The Labute approximate surface area is 157 Å². The van der Waals surface area contributed by atoms with E-state index >= 15 is 0 Å². The maximum atomic E-state index is 12.1. The summed E-state index contributed by atoms with van der Waals surface area (Å²) in [6.07, 6.45) is 5.15. The van der Waals surface area contributed by atoms with Crippen molar-refractivity contribution in [1.82, 2.24) is 9.55 Å². The number of piperidine rings is 1. The van der Waals surface area contributed by atoms with E-state index in [1.54, 1.807) is 30.6 Å². The second kappa shape index (κ2) is 8.48. The molecule has 0 spiro atoms. The van der Waals surface area contributed by atoms with Gasteiger partial charge in [0, 0.05) is 38.3 Å². The average Bonchev–Trinajstić information content (AvgIpc) is 2.68. The van der Waals surface area contributed by atoms with Gasteiger partial charge in [-0.15, -0.1) is 0 Å². The van der Waals surface area contributed by atoms with Gasteiger partial charge in [-0.1, -0.05) is 6.07 Å². The topological polar surface area (TPSA) is 110 Å². The lowest BCUT2D eigenvalue weighted by Gasteiger charge is -2.32. The molecule has 8 nitrogen and oxygen atoms in total. The van der Waals surface area contributed by atoms with Gasteiger partial charge in [0.2, 0.25) is 11.8 Å². The van der Waals surface area contributed by atoms with Gasteiger partial charge >= 0.3 is 0 Å². The number of rotatable bonds is 6. The molecule has 142 valence electrons. The fourth-order valence-electron chi connectivity index (χ4n) is 3.16. The molecule has 2 amide bonds. The third-order valence-corrected chi connectivity index (χ3v) is 4.66. The number of pyridine rings is 2. The number of aryl methyl sites for hydroxylation is 1. The van der Waals surface area contributed by atoms with E-state index in [9.17, 15) is 14.4 Å². The van der Waals surface area contributed by atoms with E-state index in [0.29, 0.717) is 18.8 Å². The lowest BCUT2D eigenvalue weighted by Crippen LogP contribution is -2.41. The van der Waals surface area contributed by atoms with Crippen molar-refractivity contribution in [3.8, 4) is 0 Å².